The van der Waals surface area contributed by atoms with Gasteiger partial charge in [0.2, 0.25) is 0 Å². The Labute approximate surface area is 133 Å². The molecule has 0 radical (unpaired) electrons. The summed E-state index contributed by atoms with van der Waals surface area (Å²) in [5.74, 6) is 3.28. The van der Waals surface area contributed by atoms with Crippen LogP contribution in [-0.4, -0.2) is 5.16 Å². The van der Waals surface area contributed by atoms with Crippen LogP contribution in [0.15, 0.2) is 22.7 Å². The summed E-state index contributed by atoms with van der Waals surface area (Å²) in [6.07, 6.45) is 5.11. The lowest BCUT2D eigenvalue weighted by atomic mass is 9.84. The van der Waals surface area contributed by atoms with E-state index in [0.29, 0.717) is 27.7 Å². The molecule has 0 spiro atoms. The number of halogens is 2. The molecule has 2 aliphatic rings. The first-order valence-corrected chi connectivity index (χ1v) is 8.09. The van der Waals surface area contributed by atoms with Crippen molar-refractivity contribution in [3.8, 4) is 11.1 Å². The highest BCUT2D eigenvalue weighted by atomic mass is 35.5. The SMILES string of the molecule is Nc1noc(C2CC3CCC2C3)c1-c1ccc(Cl)cc1Cl. The summed E-state index contributed by atoms with van der Waals surface area (Å²) >= 11 is 12.3. The number of benzene rings is 1. The van der Waals surface area contributed by atoms with Gasteiger partial charge in [0.25, 0.3) is 0 Å². The van der Waals surface area contributed by atoms with Gasteiger partial charge in [0.15, 0.2) is 5.82 Å². The average molecular weight is 323 g/mol. The Kier molecular flexibility index (Phi) is 3.16. The van der Waals surface area contributed by atoms with Crippen molar-refractivity contribution in [2.24, 2.45) is 11.8 Å². The number of fused-ring (bicyclic) bond motifs is 2. The fraction of sp³-hybridized carbons (Fsp3) is 0.438. The third kappa shape index (κ3) is 2.14. The number of aromatic nitrogens is 1. The van der Waals surface area contributed by atoms with Crippen LogP contribution in [0.3, 0.4) is 0 Å². The zero-order chi connectivity index (χ0) is 14.6. The molecule has 3 unspecified atom stereocenters. The molecule has 5 heteroatoms. The molecule has 1 heterocycles. The Morgan fingerprint density at radius 2 is 2.05 bits per heavy atom. The molecule has 110 valence electrons. The van der Waals surface area contributed by atoms with E-state index in [9.17, 15) is 0 Å². The van der Waals surface area contributed by atoms with Crippen molar-refractivity contribution in [2.45, 2.75) is 31.6 Å². The molecule has 0 saturated heterocycles. The molecular formula is C16H16Cl2N2O. The maximum Gasteiger partial charge on any atom is 0.175 e. The largest absolute Gasteiger partial charge is 0.380 e. The molecule has 2 N–H and O–H groups in total. The fourth-order valence-electron chi connectivity index (χ4n) is 4.10. The number of rotatable bonds is 2. The van der Waals surface area contributed by atoms with E-state index in [2.05, 4.69) is 5.16 Å². The molecule has 0 amide bonds. The van der Waals surface area contributed by atoms with Crippen molar-refractivity contribution in [3.63, 3.8) is 0 Å². The van der Waals surface area contributed by atoms with Crippen LogP contribution in [0.2, 0.25) is 10.0 Å². The summed E-state index contributed by atoms with van der Waals surface area (Å²) in [5, 5.41) is 5.19. The van der Waals surface area contributed by atoms with E-state index in [1.54, 1.807) is 6.07 Å². The van der Waals surface area contributed by atoms with Crippen molar-refractivity contribution in [2.75, 3.05) is 5.73 Å². The lowest BCUT2D eigenvalue weighted by Gasteiger charge is -2.20. The molecule has 21 heavy (non-hydrogen) atoms. The lowest BCUT2D eigenvalue weighted by molar-refractivity contribution is 0.312. The van der Waals surface area contributed by atoms with Gasteiger partial charge in [-0.05, 0) is 43.2 Å². The van der Waals surface area contributed by atoms with Gasteiger partial charge in [-0.3, -0.25) is 0 Å². The summed E-state index contributed by atoms with van der Waals surface area (Å²) < 4.78 is 5.61. The maximum absolute atomic E-state index is 6.34. The van der Waals surface area contributed by atoms with E-state index in [1.165, 1.54) is 25.7 Å². The quantitative estimate of drug-likeness (QED) is 0.833. The zero-order valence-electron chi connectivity index (χ0n) is 11.5. The first-order valence-electron chi connectivity index (χ1n) is 7.34. The first kappa shape index (κ1) is 13.5. The van der Waals surface area contributed by atoms with Crippen molar-refractivity contribution in [3.05, 3.63) is 34.0 Å². The summed E-state index contributed by atoms with van der Waals surface area (Å²) in [5.41, 5.74) is 7.76. The van der Waals surface area contributed by atoms with Gasteiger partial charge in [-0.25, -0.2) is 0 Å². The molecule has 3 nitrogen and oxygen atoms in total. The smallest absolute Gasteiger partial charge is 0.175 e. The predicted octanol–water partition coefficient (Wildman–Crippen LogP) is 5.13. The fourth-order valence-corrected chi connectivity index (χ4v) is 4.60. The van der Waals surface area contributed by atoms with Crippen molar-refractivity contribution < 1.29 is 4.52 Å². The topological polar surface area (TPSA) is 52.0 Å². The number of hydrogen-bond acceptors (Lipinski definition) is 3. The number of nitrogens with zero attached hydrogens (tertiary/aromatic N) is 1. The second-order valence-electron chi connectivity index (χ2n) is 6.21. The summed E-state index contributed by atoms with van der Waals surface area (Å²) in [6, 6.07) is 5.44. The lowest BCUT2D eigenvalue weighted by Crippen LogP contribution is -2.08. The Hall–Kier alpha value is -1.19. The van der Waals surface area contributed by atoms with Crippen LogP contribution < -0.4 is 5.73 Å². The van der Waals surface area contributed by atoms with Crippen molar-refractivity contribution >= 4 is 29.0 Å². The third-order valence-electron chi connectivity index (χ3n) is 5.02. The van der Waals surface area contributed by atoms with Crippen LogP contribution >= 0.6 is 23.2 Å². The van der Waals surface area contributed by atoms with E-state index in [1.807, 2.05) is 12.1 Å². The van der Waals surface area contributed by atoms with Gasteiger partial charge in [0, 0.05) is 16.5 Å². The second-order valence-corrected chi connectivity index (χ2v) is 7.06. The molecule has 3 atom stereocenters. The van der Waals surface area contributed by atoms with Gasteiger partial charge in [0.05, 0.1) is 10.6 Å². The van der Waals surface area contributed by atoms with Crippen LogP contribution in [-0.2, 0) is 0 Å². The Morgan fingerprint density at radius 1 is 1.19 bits per heavy atom. The van der Waals surface area contributed by atoms with Crippen LogP contribution in [0.25, 0.3) is 11.1 Å². The highest BCUT2D eigenvalue weighted by Gasteiger charge is 2.43. The average Bonchev–Trinajstić information content (AvgIpc) is 3.14. The van der Waals surface area contributed by atoms with Crippen LogP contribution in [0.5, 0.6) is 0 Å². The van der Waals surface area contributed by atoms with Gasteiger partial charge >= 0.3 is 0 Å². The Bertz CT molecular complexity index is 698. The van der Waals surface area contributed by atoms with Crippen molar-refractivity contribution in [1.82, 2.24) is 5.16 Å². The number of hydrogen-bond donors (Lipinski definition) is 1. The Morgan fingerprint density at radius 3 is 2.71 bits per heavy atom. The highest BCUT2D eigenvalue weighted by molar-refractivity contribution is 6.36. The van der Waals surface area contributed by atoms with Crippen molar-refractivity contribution in [1.29, 1.82) is 0 Å². The van der Waals surface area contributed by atoms with Gasteiger partial charge in [-0.1, -0.05) is 40.8 Å². The minimum atomic E-state index is 0.414. The molecule has 2 aliphatic carbocycles. The maximum atomic E-state index is 6.34. The van der Waals surface area contributed by atoms with Crippen LogP contribution in [0.4, 0.5) is 5.82 Å². The normalized spacial score (nSPS) is 27.4. The standard InChI is InChI=1S/C16H16Cl2N2O/c17-10-3-4-11(13(18)7-10)14-15(21-20-16(14)19)12-6-8-1-2-9(12)5-8/h3-4,7-9,12H,1-2,5-6H2,(H2,19,20). The first-order chi connectivity index (χ1) is 10.1. The molecule has 2 fully saturated rings. The van der Waals surface area contributed by atoms with E-state index >= 15 is 0 Å². The monoisotopic (exact) mass is 322 g/mol. The molecule has 1 aromatic heterocycles. The van der Waals surface area contributed by atoms with Crippen LogP contribution in [0.1, 0.15) is 37.4 Å². The number of nitrogen functional groups attached to an aromatic ring is 1. The highest BCUT2D eigenvalue weighted by Crippen LogP contribution is 2.55. The summed E-state index contributed by atoms with van der Waals surface area (Å²) in [7, 11) is 0. The van der Waals surface area contributed by atoms with Crippen LogP contribution in [0, 0.1) is 11.8 Å². The number of anilines is 1. The van der Waals surface area contributed by atoms with E-state index in [0.717, 1.165) is 22.8 Å². The molecule has 2 saturated carbocycles. The molecule has 2 bridgehead atoms. The Balaban J connectivity index is 1.80. The summed E-state index contributed by atoms with van der Waals surface area (Å²) in [4.78, 5) is 0. The molecule has 0 aliphatic heterocycles. The number of nitrogens with two attached hydrogens (primary N) is 1. The minimum Gasteiger partial charge on any atom is -0.380 e. The van der Waals surface area contributed by atoms with E-state index < -0.39 is 0 Å². The van der Waals surface area contributed by atoms with E-state index in [-0.39, 0.29) is 0 Å². The second kappa shape index (κ2) is 4.92. The van der Waals surface area contributed by atoms with E-state index in [4.69, 9.17) is 33.5 Å². The third-order valence-corrected chi connectivity index (χ3v) is 5.57. The van der Waals surface area contributed by atoms with Gasteiger partial charge in [0.1, 0.15) is 5.76 Å². The predicted molar refractivity (Wildman–Crippen MR) is 84.6 cm³/mol. The zero-order valence-corrected chi connectivity index (χ0v) is 13.0. The minimum absolute atomic E-state index is 0.414. The van der Waals surface area contributed by atoms with Gasteiger partial charge < -0.3 is 10.3 Å². The van der Waals surface area contributed by atoms with Gasteiger partial charge in [-0.15, -0.1) is 0 Å². The molecule has 1 aromatic carbocycles. The molecular weight excluding hydrogens is 307 g/mol. The molecule has 2 aromatic rings. The molecule has 4 rings (SSSR count). The van der Waals surface area contributed by atoms with Gasteiger partial charge in [-0.2, -0.15) is 0 Å². The summed E-state index contributed by atoms with van der Waals surface area (Å²) in [6.45, 7) is 0.